The molecule has 2 atom stereocenters. The highest BCUT2D eigenvalue weighted by atomic mass is 32.1. The minimum Gasteiger partial charge on any atom is -0.453 e. The van der Waals surface area contributed by atoms with E-state index in [1.807, 2.05) is 60.1 Å². The highest BCUT2D eigenvalue weighted by Gasteiger charge is 2.58. The van der Waals surface area contributed by atoms with Crippen molar-refractivity contribution < 1.29 is 23.9 Å². The van der Waals surface area contributed by atoms with E-state index in [2.05, 4.69) is 5.32 Å². The number of amides is 2. The number of urea groups is 1. The number of piperidine rings is 3. The standard InChI is InChI=1S/C25H26N2O4S2/c1-17-22(31-23(28)25(30,20-9-5-15-32-20)21-10-6-16-33-21)18-11-13-27(17,14-12-18)24(29)26-19-7-3-2-4-8-19/h2-10,15-18,22,30H,11-14H2,1H3/p+1/t17-,18?,22?,27?/m1/s1. The van der Waals surface area contributed by atoms with E-state index in [-0.39, 0.29) is 22.5 Å². The maximum absolute atomic E-state index is 13.6. The monoisotopic (exact) mass is 483 g/mol. The van der Waals surface area contributed by atoms with Gasteiger partial charge in [-0.15, -0.1) is 22.7 Å². The Morgan fingerprint density at radius 3 is 2.15 bits per heavy atom. The summed E-state index contributed by atoms with van der Waals surface area (Å²) in [6.45, 7) is 3.43. The number of aliphatic hydroxyl groups is 1. The van der Waals surface area contributed by atoms with Gasteiger partial charge in [-0.1, -0.05) is 30.3 Å². The Kier molecular flexibility index (Phi) is 5.86. The topological polar surface area (TPSA) is 75.6 Å². The first kappa shape index (κ1) is 22.3. The van der Waals surface area contributed by atoms with Gasteiger partial charge in [-0.3, -0.25) is 5.32 Å². The molecule has 2 bridgehead atoms. The molecule has 172 valence electrons. The number of hydrogen-bond donors (Lipinski definition) is 2. The Bertz CT molecular complexity index is 1070. The Morgan fingerprint density at radius 2 is 1.61 bits per heavy atom. The van der Waals surface area contributed by atoms with Crippen molar-refractivity contribution >= 4 is 40.4 Å². The van der Waals surface area contributed by atoms with Gasteiger partial charge in [0.2, 0.25) is 5.60 Å². The molecule has 1 unspecified atom stereocenters. The van der Waals surface area contributed by atoms with E-state index in [0.717, 1.165) is 31.6 Å². The number of hydrogen-bond acceptors (Lipinski definition) is 6. The molecule has 8 heteroatoms. The Hall–Kier alpha value is -2.52. The second-order valence-corrected chi connectivity index (χ2v) is 10.8. The van der Waals surface area contributed by atoms with Gasteiger partial charge in [0.15, 0.2) is 6.10 Å². The summed E-state index contributed by atoms with van der Waals surface area (Å²) in [6.07, 6.45) is 1.18. The number of nitrogens with zero attached hydrogens (tertiary/aromatic N) is 1. The molecule has 3 fully saturated rings. The van der Waals surface area contributed by atoms with Gasteiger partial charge in [-0.05, 0) is 41.9 Å². The van der Waals surface area contributed by atoms with Crippen LogP contribution in [-0.2, 0) is 15.1 Å². The maximum Gasteiger partial charge on any atom is 0.421 e. The van der Waals surface area contributed by atoms with Crippen molar-refractivity contribution in [3.8, 4) is 0 Å². The lowest BCUT2D eigenvalue weighted by Crippen LogP contribution is -2.72. The zero-order valence-corrected chi connectivity index (χ0v) is 20.0. The molecule has 2 N–H and O–H groups in total. The second kappa shape index (κ2) is 8.68. The third-order valence-electron chi connectivity index (χ3n) is 7.24. The molecule has 3 aromatic rings. The van der Waals surface area contributed by atoms with E-state index in [4.69, 9.17) is 4.74 Å². The van der Waals surface area contributed by atoms with Crippen LogP contribution in [0.15, 0.2) is 65.4 Å². The van der Waals surface area contributed by atoms with E-state index in [9.17, 15) is 14.7 Å². The quantitative estimate of drug-likeness (QED) is 0.403. The lowest BCUT2D eigenvalue weighted by atomic mass is 9.78. The fourth-order valence-electron chi connectivity index (χ4n) is 5.30. The number of fused-ring (bicyclic) bond motifs is 3. The van der Waals surface area contributed by atoms with Crippen LogP contribution < -0.4 is 5.32 Å². The summed E-state index contributed by atoms with van der Waals surface area (Å²) in [6, 6.07) is 16.3. The third kappa shape index (κ3) is 3.71. The van der Waals surface area contributed by atoms with Gasteiger partial charge in [-0.25, -0.2) is 14.1 Å². The van der Waals surface area contributed by atoms with Gasteiger partial charge in [-0.2, -0.15) is 0 Å². The van der Waals surface area contributed by atoms with Crippen LogP contribution in [0.25, 0.3) is 0 Å². The van der Waals surface area contributed by atoms with Gasteiger partial charge in [0, 0.05) is 24.4 Å². The molecule has 2 amide bonds. The molecule has 3 aliphatic heterocycles. The molecule has 0 saturated carbocycles. The fourth-order valence-corrected chi connectivity index (χ4v) is 7.01. The van der Waals surface area contributed by atoms with Crippen LogP contribution in [0.5, 0.6) is 0 Å². The average Bonchev–Trinajstić information content (AvgIpc) is 3.57. The number of rotatable bonds is 5. The first-order chi connectivity index (χ1) is 15.9. The number of ether oxygens (including phenoxy) is 1. The van der Waals surface area contributed by atoms with E-state index >= 15 is 0 Å². The summed E-state index contributed by atoms with van der Waals surface area (Å²) in [5.74, 6) is -0.482. The molecular weight excluding hydrogens is 456 g/mol. The largest absolute Gasteiger partial charge is 0.453 e. The number of carbonyl (C=O) groups is 2. The number of para-hydroxylation sites is 1. The molecule has 6 rings (SSSR count). The molecule has 33 heavy (non-hydrogen) atoms. The number of benzene rings is 1. The van der Waals surface area contributed by atoms with Crippen LogP contribution in [0.4, 0.5) is 10.5 Å². The van der Waals surface area contributed by atoms with E-state index in [0.29, 0.717) is 9.75 Å². The minimum atomic E-state index is -1.84. The van der Waals surface area contributed by atoms with Crippen molar-refractivity contribution in [2.75, 3.05) is 18.4 Å². The van der Waals surface area contributed by atoms with E-state index < -0.39 is 17.7 Å². The number of thiophene rings is 2. The summed E-state index contributed by atoms with van der Waals surface area (Å²) < 4.78 is 6.34. The van der Waals surface area contributed by atoms with Crippen molar-refractivity contribution in [3.05, 3.63) is 75.1 Å². The molecular formula is C25H27N2O4S2+. The number of esters is 1. The Balaban J connectivity index is 1.40. The van der Waals surface area contributed by atoms with Gasteiger partial charge >= 0.3 is 12.0 Å². The summed E-state index contributed by atoms with van der Waals surface area (Å²) in [4.78, 5) is 28.1. The summed E-state index contributed by atoms with van der Waals surface area (Å²) in [7, 11) is 0. The van der Waals surface area contributed by atoms with Crippen molar-refractivity contribution in [1.29, 1.82) is 0 Å². The minimum absolute atomic E-state index is 0.0697. The predicted molar refractivity (Wildman–Crippen MR) is 129 cm³/mol. The second-order valence-electron chi connectivity index (χ2n) is 8.89. The van der Waals surface area contributed by atoms with Crippen molar-refractivity contribution in [2.45, 2.75) is 37.5 Å². The summed E-state index contributed by atoms with van der Waals surface area (Å²) in [5, 5.41) is 18.4. The zero-order chi connectivity index (χ0) is 23.1. The van der Waals surface area contributed by atoms with Crippen LogP contribution >= 0.6 is 22.7 Å². The van der Waals surface area contributed by atoms with E-state index in [1.165, 1.54) is 22.7 Å². The van der Waals surface area contributed by atoms with Crippen LogP contribution in [0, 0.1) is 5.92 Å². The van der Waals surface area contributed by atoms with Crippen LogP contribution in [0.3, 0.4) is 0 Å². The molecule has 5 heterocycles. The molecule has 3 aliphatic rings. The molecule has 0 spiro atoms. The maximum atomic E-state index is 13.6. The molecule has 6 nitrogen and oxygen atoms in total. The lowest BCUT2D eigenvalue weighted by molar-refractivity contribution is -0.893. The van der Waals surface area contributed by atoms with Crippen LogP contribution in [-0.4, -0.2) is 46.8 Å². The number of anilines is 1. The molecule has 1 aromatic carbocycles. The van der Waals surface area contributed by atoms with Crippen molar-refractivity contribution in [2.24, 2.45) is 5.92 Å². The van der Waals surface area contributed by atoms with Crippen LogP contribution in [0.2, 0.25) is 0 Å². The first-order valence-electron chi connectivity index (χ1n) is 11.2. The van der Waals surface area contributed by atoms with Gasteiger partial charge in [0.1, 0.15) is 6.04 Å². The summed E-state index contributed by atoms with van der Waals surface area (Å²) >= 11 is 2.66. The van der Waals surface area contributed by atoms with Crippen molar-refractivity contribution in [3.63, 3.8) is 0 Å². The molecule has 2 aromatic heterocycles. The Labute approximate surface area is 201 Å². The zero-order valence-electron chi connectivity index (χ0n) is 18.3. The van der Waals surface area contributed by atoms with Gasteiger partial charge < -0.3 is 9.84 Å². The Morgan fingerprint density at radius 1 is 1.00 bits per heavy atom. The smallest absolute Gasteiger partial charge is 0.421 e. The molecule has 0 radical (unpaired) electrons. The fraction of sp³-hybridized carbons (Fsp3) is 0.360. The van der Waals surface area contributed by atoms with Gasteiger partial charge in [0.25, 0.3) is 0 Å². The first-order valence-corrected chi connectivity index (χ1v) is 13.0. The van der Waals surface area contributed by atoms with Crippen LogP contribution in [0.1, 0.15) is 29.5 Å². The van der Waals surface area contributed by atoms with Gasteiger partial charge in [0.05, 0.1) is 22.8 Å². The van der Waals surface area contributed by atoms with Crippen molar-refractivity contribution in [1.82, 2.24) is 0 Å². The molecule has 0 aliphatic carbocycles. The lowest BCUT2D eigenvalue weighted by Gasteiger charge is -2.54. The highest BCUT2D eigenvalue weighted by molar-refractivity contribution is 7.12. The molecule has 3 saturated heterocycles. The normalized spacial score (nSPS) is 26.7. The third-order valence-corrected chi connectivity index (χ3v) is 9.20. The number of nitrogens with one attached hydrogen (secondary N) is 1. The average molecular weight is 484 g/mol. The van der Waals surface area contributed by atoms with E-state index in [1.54, 1.807) is 12.1 Å². The predicted octanol–water partition coefficient (Wildman–Crippen LogP) is 4.82. The number of quaternary nitrogens is 1. The number of carbonyl (C=O) groups excluding carboxylic acids is 2. The SMILES string of the molecule is C[C@@H]1C(OC(=O)C(O)(c2cccs2)c2cccs2)C2CC[N+]1(C(=O)Nc1ccccc1)CC2. The summed E-state index contributed by atoms with van der Waals surface area (Å²) in [5.41, 5.74) is -1.08. The highest BCUT2D eigenvalue weighted by Crippen LogP contribution is 2.43.